The van der Waals surface area contributed by atoms with Gasteiger partial charge in [-0.2, -0.15) is 10.1 Å². The maximum Gasteiger partial charge on any atom is 0.261 e. The molecule has 3 rings (SSSR count). The van der Waals surface area contributed by atoms with Crippen molar-refractivity contribution >= 4 is 11.8 Å². The fourth-order valence-corrected chi connectivity index (χ4v) is 3.43. The lowest BCUT2D eigenvalue weighted by Gasteiger charge is -2.31. The lowest BCUT2D eigenvalue weighted by molar-refractivity contribution is 0.183. The Bertz CT molecular complexity index is 1140. The van der Waals surface area contributed by atoms with Gasteiger partial charge in [0.15, 0.2) is 5.82 Å². The largest absolute Gasteiger partial charge is 0.404 e. The Morgan fingerprint density at radius 3 is 2.67 bits per heavy atom. The summed E-state index contributed by atoms with van der Waals surface area (Å²) in [5.41, 5.74) is 14.3. The van der Waals surface area contributed by atoms with Gasteiger partial charge in [0.1, 0.15) is 5.82 Å². The van der Waals surface area contributed by atoms with Gasteiger partial charge >= 0.3 is 0 Å². The molecule has 0 amide bonds. The number of nitrogens with two attached hydrogens (primary N) is 2. The Morgan fingerprint density at radius 2 is 2.06 bits per heavy atom. The van der Waals surface area contributed by atoms with Crippen molar-refractivity contribution in [1.29, 1.82) is 0 Å². The van der Waals surface area contributed by atoms with Crippen LogP contribution in [0, 0.1) is 5.92 Å². The van der Waals surface area contributed by atoms with E-state index in [2.05, 4.69) is 42.6 Å². The van der Waals surface area contributed by atoms with Gasteiger partial charge in [-0.05, 0) is 24.0 Å². The molecule has 0 aliphatic carbocycles. The molecule has 0 aliphatic rings. The van der Waals surface area contributed by atoms with Crippen LogP contribution < -0.4 is 11.5 Å². The first-order valence-corrected chi connectivity index (χ1v) is 10.7. The van der Waals surface area contributed by atoms with Crippen molar-refractivity contribution in [2.24, 2.45) is 22.4 Å². The number of rotatable bonds is 10. The summed E-state index contributed by atoms with van der Waals surface area (Å²) in [7, 11) is 1.66. The van der Waals surface area contributed by atoms with E-state index in [9.17, 15) is 0 Å². The number of aliphatic imine (C=N–C) groups is 1. The zero-order valence-corrected chi connectivity index (χ0v) is 19.5. The van der Waals surface area contributed by atoms with E-state index in [0.29, 0.717) is 24.9 Å². The predicted octanol–water partition coefficient (Wildman–Crippen LogP) is 3.34. The second kappa shape index (κ2) is 10.3. The average Bonchev–Trinajstić information content (AvgIpc) is 3.47. The average molecular weight is 450 g/mol. The first-order chi connectivity index (χ1) is 15.8. The van der Waals surface area contributed by atoms with Crippen LogP contribution in [0.5, 0.6) is 0 Å². The molecule has 0 saturated heterocycles. The molecule has 4 N–H and O–H groups in total. The summed E-state index contributed by atoms with van der Waals surface area (Å²) < 4.78 is 12.5. The van der Waals surface area contributed by atoms with Gasteiger partial charge in [0, 0.05) is 31.3 Å². The molecule has 0 aliphatic heterocycles. The maximum absolute atomic E-state index is 5.77. The molecule has 2 aromatic heterocycles. The summed E-state index contributed by atoms with van der Waals surface area (Å²) in [6.07, 6.45) is 6.67. The normalized spacial score (nSPS) is 14.2. The van der Waals surface area contributed by atoms with Gasteiger partial charge < -0.3 is 20.7 Å². The smallest absolute Gasteiger partial charge is 0.261 e. The molecule has 174 valence electrons. The lowest BCUT2D eigenvalue weighted by Crippen LogP contribution is -2.31. The number of nitrogens with zero attached hydrogens (tertiary/aromatic N) is 5. The molecular formula is C24H31N7O2. The standard InChI is InChI=1S/C24H31N7O2/c1-16(2)24(4,21-8-6-18(7-9-21)19(12-25)13-27-17(3)26)23-29-22(33-30-23)20-14-28-31(15-20)10-11-32-5/h6-9,12-16H,3,10-11,25-26H2,1-2,4-5H3/b19-12+,27-13-/t24-/m0/s1. The summed E-state index contributed by atoms with van der Waals surface area (Å²) in [4.78, 5) is 8.76. The summed E-state index contributed by atoms with van der Waals surface area (Å²) in [6.45, 7) is 11.2. The molecular weight excluding hydrogens is 418 g/mol. The Kier molecular flexibility index (Phi) is 7.44. The predicted molar refractivity (Wildman–Crippen MR) is 129 cm³/mol. The molecule has 2 heterocycles. The highest BCUT2D eigenvalue weighted by molar-refractivity contribution is 6.09. The molecule has 1 aromatic carbocycles. The summed E-state index contributed by atoms with van der Waals surface area (Å²) in [5.74, 6) is 1.46. The summed E-state index contributed by atoms with van der Waals surface area (Å²) in [6, 6.07) is 8.06. The van der Waals surface area contributed by atoms with Crippen LogP contribution in [-0.2, 0) is 16.7 Å². The second-order valence-electron chi connectivity index (χ2n) is 8.21. The van der Waals surface area contributed by atoms with E-state index in [1.54, 1.807) is 24.2 Å². The molecule has 0 spiro atoms. The maximum atomic E-state index is 5.77. The van der Waals surface area contributed by atoms with E-state index in [4.69, 9.17) is 25.7 Å². The van der Waals surface area contributed by atoms with Crippen LogP contribution in [0.25, 0.3) is 17.0 Å². The quantitative estimate of drug-likeness (QED) is 0.454. The molecule has 3 aromatic rings. The van der Waals surface area contributed by atoms with E-state index < -0.39 is 5.41 Å². The van der Waals surface area contributed by atoms with Crippen molar-refractivity contribution < 1.29 is 9.26 Å². The number of ether oxygens (including phenoxy) is 1. The molecule has 0 radical (unpaired) electrons. The zero-order valence-electron chi connectivity index (χ0n) is 19.5. The van der Waals surface area contributed by atoms with Gasteiger partial charge in [0.25, 0.3) is 5.89 Å². The summed E-state index contributed by atoms with van der Waals surface area (Å²) >= 11 is 0. The zero-order chi connectivity index (χ0) is 24.0. The monoisotopic (exact) mass is 449 g/mol. The van der Waals surface area contributed by atoms with Crippen LogP contribution in [0.1, 0.15) is 37.7 Å². The van der Waals surface area contributed by atoms with Crippen molar-refractivity contribution in [3.8, 4) is 11.5 Å². The van der Waals surface area contributed by atoms with Gasteiger partial charge in [0.05, 0.1) is 30.3 Å². The first-order valence-electron chi connectivity index (χ1n) is 10.7. The third-order valence-corrected chi connectivity index (χ3v) is 5.82. The van der Waals surface area contributed by atoms with Crippen LogP contribution >= 0.6 is 0 Å². The minimum Gasteiger partial charge on any atom is -0.404 e. The van der Waals surface area contributed by atoms with Gasteiger partial charge in [-0.3, -0.25) is 4.68 Å². The molecule has 9 nitrogen and oxygen atoms in total. The molecule has 1 atom stereocenters. The van der Waals surface area contributed by atoms with Gasteiger partial charge in [-0.1, -0.05) is 49.8 Å². The van der Waals surface area contributed by atoms with Crippen LogP contribution in [0.4, 0.5) is 0 Å². The first kappa shape index (κ1) is 23.9. The number of aromatic nitrogens is 4. The highest BCUT2D eigenvalue weighted by atomic mass is 16.5. The van der Waals surface area contributed by atoms with Crippen molar-refractivity contribution in [1.82, 2.24) is 19.9 Å². The lowest BCUT2D eigenvalue weighted by atomic mass is 9.72. The number of benzene rings is 1. The van der Waals surface area contributed by atoms with Crippen LogP contribution in [0.3, 0.4) is 0 Å². The number of hydrogen-bond donors (Lipinski definition) is 2. The minimum absolute atomic E-state index is 0.199. The van der Waals surface area contributed by atoms with Crippen molar-refractivity contribution in [2.75, 3.05) is 13.7 Å². The third-order valence-electron chi connectivity index (χ3n) is 5.82. The second-order valence-corrected chi connectivity index (χ2v) is 8.21. The molecule has 0 bridgehead atoms. The number of allylic oxidation sites excluding steroid dienone is 1. The van der Waals surface area contributed by atoms with Gasteiger partial charge in [-0.25, -0.2) is 4.99 Å². The molecule has 9 heteroatoms. The highest BCUT2D eigenvalue weighted by Crippen LogP contribution is 2.38. The van der Waals surface area contributed by atoms with Crippen LogP contribution in [-0.4, -0.2) is 39.9 Å². The number of methoxy groups -OCH3 is 1. The summed E-state index contributed by atoms with van der Waals surface area (Å²) in [5, 5.41) is 8.66. The Hall–Kier alpha value is -3.72. The SMILES string of the molecule is C=C(N)/N=C\C(=C/N)c1ccc([C@@](C)(c2noc(-c3cnn(CCOC)c3)n2)C(C)C)cc1. The molecule has 0 fully saturated rings. The van der Waals surface area contributed by atoms with E-state index in [1.165, 1.54) is 6.20 Å². The Morgan fingerprint density at radius 1 is 1.33 bits per heavy atom. The van der Waals surface area contributed by atoms with E-state index in [-0.39, 0.29) is 11.7 Å². The molecule has 0 unspecified atom stereocenters. The fourth-order valence-electron chi connectivity index (χ4n) is 3.43. The van der Waals surface area contributed by atoms with Crippen molar-refractivity contribution in [3.63, 3.8) is 0 Å². The van der Waals surface area contributed by atoms with Gasteiger partial charge in [0.2, 0.25) is 0 Å². The van der Waals surface area contributed by atoms with Crippen molar-refractivity contribution in [3.05, 3.63) is 72.2 Å². The third kappa shape index (κ3) is 5.20. The van der Waals surface area contributed by atoms with Crippen molar-refractivity contribution in [2.45, 2.75) is 32.7 Å². The number of hydrogen-bond acceptors (Lipinski definition) is 8. The molecule has 33 heavy (non-hydrogen) atoms. The van der Waals surface area contributed by atoms with E-state index >= 15 is 0 Å². The van der Waals surface area contributed by atoms with E-state index in [1.807, 2.05) is 30.5 Å². The Balaban J connectivity index is 1.90. The highest BCUT2D eigenvalue weighted by Gasteiger charge is 2.37. The topological polar surface area (TPSA) is 130 Å². The Labute approximate surface area is 193 Å². The van der Waals surface area contributed by atoms with Crippen LogP contribution in [0.2, 0.25) is 0 Å². The van der Waals surface area contributed by atoms with Crippen LogP contribution in [0.15, 0.2) is 64.8 Å². The fraction of sp³-hybridized carbons (Fsp3) is 0.333. The minimum atomic E-state index is -0.474. The van der Waals surface area contributed by atoms with Gasteiger partial charge in [-0.15, -0.1) is 0 Å². The van der Waals surface area contributed by atoms with E-state index in [0.717, 1.165) is 22.3 Å². The molecule has 0 saturated carbocycles.